The highest BCUT2D eigenvalue weighted by Gasteiger charge is 2.54. The second-order valence-electron chi connectivity index (χ2n) is 7.16. The molecule has 0 amide bonds. The van der Waals surface area contributed by atoms with Crippen LogP contribution in [-0.2, 0) is 14.9 Å². The first-order valence-electron chi connectivity index (χ1n) is 9.52. The molecule has 2 atom stereocenters. The third-order valence-electron chi connectivity index (χ3n) is 5.02. The minimum atomic E-state index is -5.43. The van der Waals surface area contributed by atoms with Gasteiger partial charge in [-0.05, 0) is 25.1 Å². The third kappa shape index (κ3) is 4.50. The van der Waals surface area contributed by atoms with Crippen LogP contribution in [0.4, 0.5) is 27.8 Å². The van der Waals surface area contributed by atoms with Crippen LogP contribution in [0.5, 0.6) is 11.5 Å². The third-order valence-corrected chi connectivity index (χ3v) is 7.01. The van der Waals surface area contributed by atoms with Crippen LogP contribution in [0.25, 0.3) is 0 Å². The van der Waals surface area contributed by atoms with E-state index in [0.29, 0.717) is 0 Å². The summed E-state index contributed by atoms with van der Waals surface area (Å²) in [6.45, 7) is 0.820. The van der Waals surface area contributed by atoms with Crippen molar-refractivity contribution < 1.29 is 54.8 Å². The summed E-state index contributed by atoms with van der Waals surface area (Å²) < 4.78 is 98.7. The van der Waals surface area contributed by atoms with Gasteiger partial charge in [0.2, 0.25) is 34.8 Å². The van der Waals surface area contributed by atoms with Gasteiger partial charge in [0.05, 0.1) is 6.07 Å². The fourth-order valence-electron chi connectivity index (χ4n) is 2.87. The molecule has 16 heteroatoms. The fraction of sp³-hybridized carbons (Fsp3) is 0.150. The smallest absolute Gasteiger partial charge is 0.480 e. The molecule has 0 radical (unpaired) electrons. The maximum Gasteiger partial charge on any atom is 0.516 e. The molecule has 0 bridgehead atoms. The Balaban J connectivity index is 2.22. The van der Waals surface area contributed by atoms with Gasteiger partial charge in [0.15, 0.2) is 5.54 Å². The summed E-state index contributed by atoms with van der Waals surface area (Å²) in [6, 6.07) is 8.13. The van der Waals surface area contributed by atoms with Crippen LogP contribution in [0.15, 0.2) is 46.9 Å². The maximum atomic E-state index is 14.4. The topological polar surface area (TPSA) is 132 Å². The molecule has 3 aromatic rings. The lowest BCUT2D eigenvalue weighted by atomic mass is 10.00. The van der Waals surface area contributed by atoms with E-state index in [2.05, 4.69) is 0 Å². The van der Waals surface area contributed by atoms with Crippen LogP contribution in [0.2, 0.25) is 0 Å². The van der Waals surface area contributed by atoms with E-state index in [1.807, 2.05) is 0 Å². The Labute approximate surface area is 198 Å². The molecule has 0 saturated carbocycles. The lowest BCUT2D eigenvalue weighted by molar-refractivity contribution is -0.402. The number of hydrogen-bond donors (Lipinski definition) is 1. The molecule has 0 aliphatic rings. The van der Waals surface area contributed by atoms with E-state index < -0.39 is 70.7 Å². The summed E-state index contributed by atoms with van der Waals surface area (Å²) >= 11 is 0. The Morgan fingerprint density at radius 3 is 2.00 bits per heavy atom. The average molecular weight is 536 g/mol. The first-order chi connectivity index (χ1) is 16.7. The molecule has 10 nitrogen and oxygen atoms in total. The van der Waals surface area contributed by atoms with Crippen molar-refractivity contribution in [1.29, 1.82) is 0 Å². The lowest BCUT2D eigenvalue weighted by Crippen LogP contribution is -2.47. The highest BCUT2D eigenvalue weighted by molar-refractivity contribution is 7.52. The van der Waals surface area contributed by atoms with Crippen molar-refractivity contribution in [3.63, 3.8) is 0 Å². The van der Waals surface area contributed by atoms with Crippen LogP contribution in [-0.4, -0.2) is 27.7 Å². The number of likely N-dealkylation sites (N-methyl/N-ethyl adjacent to an activating group) is 1. The van der Waals surface area contributed by atoms with Crippen molar-refractivity contribution in [2.24, 2.45) is 0 Å². The van der Waals surface area contributed by atoms with Crippen molar-refractivity contribution in [2.45, 2.75) is 12.5 Å². The second kappa shape index (κ2) is 9.59. The second-order valence-corrected chi connectivity index (χ2v) is 9.06. The quantitative estimate of drug-likeness (QED) is 0.0956. The number of carbonyl (C=O) groups is 1. The van der Waals surface area contributed by atoms with Crippen LogP contribution in [0, 0.1) is 39.2 Å². The van der Waals surface area contributed by atoms with E-state index >= 15 is 0 Å². The number of benzene rings is 2. The van der Waals surface area contributed by atoms with Gasteiger partial charge < -0.3 is 18.6 Å². The first kappa shape index (κ1) is 26.6. The minimum Gasteiger partial charge on any atom is -0.480 e. The average Bonchev–Trinajstić information content (AvgIpc) is 3.35. The number of nitrogens with zero attached hydrogens (tertiary/aromatic N) is 2. The number of nitro groups is 1. The molecule has 0 aliphatic heterocycles. The summed E-state index contributed by atoms with van der Waals surface area (Å²) in [6.07, 6.45) is 0. The predicted molar refractivity (Wildman–Crippen MR) is 110 cm³/mol. The molecular weight excluding hydrogens is 522 g/mol. The van der Waals surface area contributed by atoms with E-state index in [9.17, 15) is 46.5 Å². The van der Waals surface area contributed by atoms with E-state index in [4.69, 9.17) is 13.5 Å². The van der Waals surface area contributed by atoms with E-state index in [-0.39, 0.29) is 10.4 Å². The largest absolute Gasteiger partial charge is 0.516 e. The molecule has 192 valence electrons. The predicted octanol–water partition coefficient (Wildman–Crippen LogP) is 5.38. The van der Waals surface area contributed by atoms with Gasteiger partial charge in [0.25, 0.3) is 0 Å². The molecule has 36 heavy (non-hydrogen) atoms. The molecule has 0 aliphatic carbocycles. The summed E-state index contributed by atoms with van der Waals surface area (Å²) in [5.74, 6) is -18.2. The van der Waals surface area contributed by atoms with E-state index in [1.165, 1.54) is 18.2 Å². The van der Waals surface area contributed by atoms with Gasteiger partial charge in [-0.25, -0.2) is 22.5 Å². The van der Waals surface area contributed by atoms with Gasteiger partial charge in [-0.2, -0.15) is 13.5 Å². The number of carboxylic acids is 1. The zero-order valence-electron chi connectivity index (χ0n) is 18.1. The zero-order valence-corrected chi connectivity index (χ0v) is 19.0. The van der Waals surface area contributed by atoms with Crippen LogP contribution in [0.3, 0.4) is 0 Å². The molecule has 0 spiro atoms. The summed E-state index contributed by atoms with van der Waals surface area (Å²) in [7, 11) is -4.68. The Bertz CT molecular complexity index is 1360. The standard InChI is InChI=1S/C20H14F5N2O8P/c1-20(19(28)29,11-8-9-12(33-11)27(30)31)26(2)36(32,34-10-6-4-3-5-7-10)35-18-16(24)14(22)13(21)15(23)17(18)25/h3-9H,1-2H3,(H,28,29)/t20-,36+/m1/s1. The van der Waals surface area contributed by atoms with Crippen molar-refractivity contribution in [3.05, 3.63) is 87.4 Å². The van der Waals surface area contributed by atoms with Crippen LogP contribution >= 0.6 is 7.75 Å². The number of hydrogen-bond acceptors (Lipinski definition) is 7. The molecule has 3 rings (SSSR count). The molecule has 1 N–H and O–H groups in total. The van der Waals surface area contributed by atoms with Gasteiger partial charge in [-0.15, -0.1) is 0 Å². The number of aliphatic carboxylic acids is 1. The number of para-hydroxylation sites is 1. The van der Waals surface area contributed by atoms with Crippen molar-refractivity contribution in [2.75, 3.05) is 7.05 Å². The Hall–Kier alpha value is -3.97. The van der Waals surface area contributed by atoms with Crippen molar-refractivity contribution in [1.82, 2.24) is 4.67 Å². The molecule has 1 heterocycles. The maximum absolute atomic E-state index is 14.4. The molecule has 2 aromatic carbocycles. The highest BCUT2D eigenvalue weighted by Crippen LogP contribution is 2.57. The molecular formula is C20H14F5N2O8P. The van der Waals surface area contributed by atoms with Crippen LogP contribution in [0.1, 0.15) is 12.7 Å². The first-order valence-corrected chi connectivity index (χ1v) is 11.0. The van der Waals surface area contributed by atoms with Crippen molar-refractivity contribution in [3.8, 4) is 11.5 Å². The molecule has 0 unspecified atom stereocenters. The normalized spacial score (nSPS) is 14.7. The fourth-order valence-corrected chi connectivity index (χ4v) is 4.61. The van der Waals surface area contributed by atoms with Gasteiger partial charge in [-0.1, -0.05) is 18.2 Å². The van der Waals surface area contributed by atoms with Gasteiger partial charge in [0.1, 0.15) is 16.4 Å². The highest BCUT2D eigenvalue weighted by atomic mass is 31.2. The Morgan fingerprint density at radius 2 is 1.53 bits per heavy atom. The number of halogens is 5. The van der Waals surface area contributed by atoms with Gasteiger partial charge in [0, 0.05) is 7.05 Å². The Kier molecular flexibility index (Phi) is 7.09. The molecule has 0 fully saturated rings. The lowest BCUT2D eigenvalue weighted by Gasteiger charge is -2.36. The van der Waals surface area contributed by atoms with Gasteiger partial charge >= 0.3 is 19.6 Å². The number of furan rings is 1. The van der Waals surface area contributed by atoms with E-state index in [1.54, 1.807) is 0 Å². The summed E-state index contributed by atoms with van der Waals surface area (Å²) in [5, 5.41) is 20.9. The summed E-state index contributed by atoms with van der Waals surface area (Å²) in [4.78, 5) is 22.2. The van der Waals surface area contributed by atoms with Crippen molar-refractivity contribution >= 4 is 19.6 Å². The Morgan fingerprint density at radius 1 is 1.00 bits per heavy atom. The molecule has 1 aromatic heterocycles. The number of rotatable bonds is 9. The summed E-state index contributed by atoms with van der Waals surface area (Å²) in [5.41, 5.74) is -2.66. The monoisotopic (exact) mass is 536 g/mol. The number of carboxylic acid groups (broad SMARTS) is 1. The SMILES string of the molecule is CN([C@@](C)(C(=O)O)c1ccc([N+](=O)[O-])o1)[P@](=O)(Oc1ccccc1)Oc1c(F)c(F)c(F)c(F)c1F. The minimum absolute atomic E-state index is 0.246. The molecule has 0 saturated heterocycles. The zero-order chi connectivity index (χ0) is 27.0. The van der Waals surface area contributed by atoms with Crippen LogP contribution < -0.4 is 9.05 Å². The van der Waals surface area contributed by atoms with E-state index in [0.717, 1.165) is 38.2 Å². The van der Waals surface area contributed by atoms with Gasteiger partial charge in [-0.3, -0.25) is 10.1 Å².